The first-order valence-electron chi connectivity index (χ1n) is 4.04. The Morgan fingerprint density at radius 2 is 2.31 bits per heavy atom. The van der Waals surface area contributed by atoms with Crippen molar-refractivity contribution in [2.45, 2.75) is 12.6 Å². The van der Waals surface area contributed by atoms with Crippen LogP contribution in [0.5, 0.6) is 0 Å². The fraction of sp³-hybridized carbons (Fsp3) is 0.625. The van der Waals surface area contributed by atoms with Crippen molar-refractivity contribution >= 4 is 0 Å². The molecule has 1 N–H and O–H groups in total. The van der Waals surface area contributed by atoms with Crippen LogP contribution in [0.15, 0.2) is 17.2 Å². The zero-order chi connectivity index (χ0) is 9.84. The Kier molecular flexibility index (Phi) is 3.27. The van der Waals surface area contributed by atoms with Crippen LogP contribution in [0.25, 0.3) is 0 Å². The van der Waals surface area contributed by atoms with Gasteiger partial charge in [0.25, 0.3) is 0 Å². The van der Waals surface area contributed by atoms with Crippen molar-refractivity contribution in [2.24, 2.45) is 7.05 Å². The molecule has 0 saturated carbocycles. The summed E-state index contributed by atoms with van der Waals surface area (Å²) < 4.78 is 7.66. The number of imidazole rings is 1. The van der Waals surface area contributed by atoms with Crippen LogP contribution in [0, 0.1) is 0 Å². The normalized spacial score (nSPS) is 13.2. The monoisotopic (exact) mass is 186 g/mol. The van der Waals surface area contributed by atoms with E-state index in [1.807, 2.05) is 0 Å². The van der Waals surface area contributed by atoms with Crippen LogP contribution in [0.3, 0.4) is 0 Å². The highest BCUT2D eigenvalue weighted by molar-refractivity contribution is 4.80. The Hall–Kier alpha value is -1.07. The van der Waals surface area contributed by atoms with Crippen molar-refractivity contribution in [1.82, 2.24) is 9.13 Å². The van der Waals surface area contributed by atoms with Crippen molar-refractivity contribution in [3.05, 3.63) is 22.9 Å². The maximum Gasteiger partial charge on any atom is 0.327 e. The lowest BCUT2D eigenvalue weighted by atomic mass is 10.4. The van der Waals surface area contributed by atoms with E-state index in [2.05, 4.69) is 0 Å². The number of nitrogens with zero attached hydrogens (tertiary/aromatic N) is 2. The number of rotatable bonds is 4. The summed E-state index contributed by atoms with van der Waals surface area (Å²) in [6.07, 6.45) is 2.66. The molecule has 1 atom stereocenters. The zero-order valence-electron chi connectivity index (χ0n) is 7.80. The summed E-state index contributed by atoms with van der Waals surface area (Å²) in [5.41, 5.74) is -0.129. The summed E-state index contributed by atoms with van der Waals surface area (Å²) in [7, 11) is 3.18. The number of aliphatic hydroxyl groups is 1. The Morgan fingerprint density at radius 3 is 2.77 bits per heavy atom. The lowest BCUT2D eigenvalue weighted by Gasteiger charge is -2.08. The molecule has 0 spiro atoms. The molecule has 0 aliphatic heterocycles. The van der Waals surface area contributed by atoms with Gasteiger partial charge in [0.05, 0.1) is 19.3 Å². The van der Waals surface area contributed by atoms with Crippen molar-refractivity contribution in [3.8, 4) is 0 Å². The summed E-state index contributed by atoms with van der Waals surface area (Å²) in [4.78, 5) is 11.3. The average molecular weight is 186 g/mol. The van der Waals surface area contributed by atoms with E-state index in [1.54, 1.807) is 19.4 Å². The molecule has 1 aromatic rings. The second kappa shape index (κ2) is 4.25. The van der Waals surface area contributed by atoms with Gasteiger partial charge in [-0.2, -0.15) is 0 Å². The van der Waals surface area contributed by atoms with Crippen LogP contribution in [0.2, 0.25) is 0 Å². The van der Waals surface area contributed by atoms with E-state index in [1.165, 1.54) is 16.2 Å². The highest BCUT2D eigenvalue weighted by Crippen LogP contribution is 1.89. The molecule has 5 nitrogen and oxygen atoms in total. The van der Waals surface area contributed by atoms with E-state index in [4.69, 9.17) is 4.74 Å². The Labute approximate surface area is 76.2 Å². The molecule has 1 heterocycles. The minimum Gasteiger partial charge on any atom is -0.389 e. The average Bonchev–Trinajstić information content (AvgIpc) is 2.37. The van der Waals surface area contributed by atoms with Crippen LogP contribution in [0.1, 0.15) is 0 Å². The summed E-state index contributed by atoms with van der Waals surface area (Å²) in [6, 6.07) is 0. The molecule has 0 fully saturated rings. The van der Waals surface area contributed by atoms with Gasteiger partial charge in [-0.1, -0.05) is 0 Å². The molecule has 0 aliphatic carbocycles. The van der Waals surface area contributed by atoms with E-state index in [9.17, 15) is 9.90 Å². The largest absolute Gasteiger partial charge is 0.389 e. The number of hydrogen-bond donors (Lipinski definition) is 1. The SMILES string of the molecule is COCC(O)Cn1ccn(C)c1=O. The number of aryl methyl sites for hydroxylation is 1. The van der Waals surface area contributed by atoms with Crippen molar-refractivity contribution in [1.29, 1.82) is 0 Å². The summed E-state index contributed by atoms with van der Waals surface area (Å²) in [5.74, 6) is 0. The number of aromatic nitrogens is 2. The lowest BCUT2D eigenvalue weighted by Crippen LogP contribution is -2.29. The second-order valence-corrected chi connectivity index (χ2v) is 2.95. The smallest absolute Gasteiger partial charge is 0.327 e. The third kappa shape index (κ3) is 2.43. The topological polar surface area (TPSA) is 56.4 Å². The van der Waals surface area contributed by atoms with E-state index in [-0.39, 0.29) is 18.8 Å². The quantitative estimate of drug-likeness (QED) is 0.669. The lowest BCUT2D eigenvalue weighted by molar-refractivity contribution is 0.0530. The van der Waals surface area contributed by atoms with Crippen LogP contribution in [-0.4, -0.2) is 34.1 Å². The van der Waals surface area contributed by atoms with Crippen molar-refractivity contribution < 1.29 is 9.84 Å². The fourth-order valence-electron chi connectivity index (χ4n) is 1.12. The highest BCUT2D eigenvalue weighted by atomic mass is 16.5. The van der Waals surface area contributed by atoms with E-state index in [0.29, 0.717) is 0 Å². The molecule has 13 heavy (non-hydrogen) atoms. The van der Waals surface area contributed by atoms with Crippen LogP contribution >= 0.6 is 0 Å². The van der Waals surface area contributed by atoms with Crippen molar-refractivity contribution in [2.75, 3.05) is 13.7 Å². The standard InChI is InChI=1S/C8H14N2O3/c1-9-3-4-10(8(9)12)5-7(11)6-13-2/h3-4,7,11H,5-6H2,1-2H3. The minimum atomic E-state index is -0.634. The summed E-state index contributed by atoms with van der Waals surface area (Å²) in [5, 5.41) is 9.34. The van der Waals surface area contributed by atoms with Gasteiger partial charge < -0.3 is 14.4 Å². The molecule has 1 aromatic heterocycles. The molecule has 74 valence electrons. The number of hydrogen-bond acceptors (Lipinski definition) is 3. The molecule has 0 aromatic carbocycles. The molecule has 0 saturated heterocycles. The number of methoxy groups -OCH3 is 1. The highest BCUT2D eigenvalue weighted by Gasteiger charge is 2.06. The first-order valence-corrected chi connectivity index (χ1v) is 4.04. The van der Waals surface area contributed by atoms with E-state index in [0.717, 1.165) is 0 Å². The maximum atomic E-state index is 11.3. The van der Waals surface area contributed by atoms with Crippen molar-refractivity contribution in [3.63, 3.8) is 0 Å². The predicted molar refractivity (Wildman–Crippen MR) is 47.6 cm³/mol. The van der Waals surface area contributed by atoms with Crippen LogP contribution in [0.4, 0.5) is 0 Å². The minimum absolute atomic E-state index is 0.129. The van der Waals surface area contributed by atoms with Crippen LogP contribution in [-0.2, 0) is 18.3 Å². The molecule has 0 bridgehead atoms. The maximum absolute atomic E-state index is 11.3. The first kappa shape index (κ1) is 10.0. The van der Waals surface area contributed by atoms with Crippen LogP contribution < -0.4 is 5.69 Å². The molecule has 0 amide bonds. The van der Waals surface area contributed by atoms with Gasteiger partial charge in [-0.15, -0.1) is 0 Å². The third-order valence-corrected chi connectivity index (χ3v) is 1.78. The molecule has 5 heteroatoms. The molecular formula is C8H14N2O3. The Balaban J connectivity index is 2.64. The van der Waals surface area contributed by atoms with Gasteiger partial charge in [0, 0.05) is 26.6 Å². The van der Waals surface area contributed by atoms with Gasteiger partial charge in [0.15, 0.2) is 0 Å². The number of ether oxygens (including phenoxy) is 1. The molecule has 1 unspecified atom stereocenters. The zero-order valence-corrected chi connectivity index (χ0v) is 7.80. The molecule has 1 rings (SSSR count). The second-order valence-electron chi connectivity index (χ2n) is 2.95. The summed E-state index contributed by atoms with van der Waals surface area (Å²) >= 11 is 0. The van der Waals surface area contributed by atoms with Gasteiger partial charge in [-0.25, -0.2) is 4.79 Å². The van der Waals surface area contributed by atoms with E-state index >= 15 is 0 Å². The summed E-state index contributed by atoms with van der Waals surface area (Å²) in [6.45, 7) is 0.509. The van der Waals surface area contributed by atoms with Gasteiger partial charge in [-0.3, -0.25) is 4.57 Å². The predicted octanol–water partition coefficient (Wildman–Crippen LogP) is -0.806. The third-order valence-electron chi connectivity index (χ3n) is 1.78. The fourth-order valence-corrected chi connectivity index (χ4v) is 1.12. The first-order chi connectivity index (χ1) is 6.15. The number of aliphatic hydroxyl groups excluding tert-OH is 1. The molecule has 0 aliphatic rings. The Morgan fingerprint density at radius 1 is 1.62 bits per heavy atom. The molecular weight excluding hydrogens is 172 g/mol. The Bertz CT molecular complexity index is 315. The van der Waals surface area contributed by atoms with Gasteiger partial charge >= 0.3 is 5.69 Å². The van der Waals surface area contributed by atoms with Gasteiger partial charge in [0.2, 0.25) is 0 Å². The molecule has 0 radical (unpaired) electrons. The van der Waals surface area contributed by atoms with Gasteiger partial charge in [0.1, 0.15) is 0 Å². The van der Waals surface area contributed by atoms with Gasteiger partial charge in [-0.05, 0) is 0 Å². The van der Waals surface area contributed by atoms with E-state index < -0.39 is 6.10 Å².